The molecule has 1 aliphatic heterocycles. The van der Waals surface area contributed by atoms with E-state index in [4.69, 9.17) is 0 Å². The van der Waals surface area contributed by atoms with Crippen LogP contribution in [0.3, 0.4) is 0 Å². The van der Waals surface area contributed by atoms with Crippen molar-refractivity contribution in [1.29, 1.82) is 0 Å². The number of anilines is 2. The van der Waals surface area contributed by atoms with E-state index in [1.807, 2.05) is 29.6 Å². The van der Waals surface area contributed by atoms with Crippen LogP contribution >= 0.6 is 0 Å². The maximum atomic E-state index is 4.54. The van der Waals surface area contributed by atoms with Crippen LogP contribution in [0.4, 0.5) is 11.6 Å². The molecule has 106 valence electrons. The number of hydrogen-bond acceptors (Lipinski definition) is 4. The molecule has 0 bridgehead atoms. The SMILES string of the molecule is Cc1cccc2nc(Nc3cccc4c3CCNC4)nn12. The number of benzene rings is 1. The number of nitrogens with zero attached hydrogens (tertiary/aromatic N) is 3. The Kier molecular flexibility index (Phi) is 2.86. The lowest BCUT2D eigenvalue weighted by atomic mass is 9.99. The van der Waals surface area contributed by atoms with Gasteiger partial charge in [-0.1, -0.05) is 18.2 Å². The molecule has 0 fully saturated rings. The third kappa shape index (κ3) is 2.15. The number of aryl methyl sites for hydroxylation is 1. The van der Waals surface area contributed by atoms with Gasteiger partial charge in [-0.15, -0.1) is 5.10 Å². The standard InChI is InChI=1S/C16H17N5/c1-11-4-2-7-15-19-16(20-21(11)15)18-14-6-3-5-12-10-17-9-8-13(12)14/h2-7,17H,8-10H2,1H3,(H,18,20). The molecule has 0 atom stereocenters. The minimum absolute atomic E-state index is 0.649. The van der Waals surface area contributed by atoms with Crippen LogP contribution in [0.15, 0.2) is 36.4 Å². The van der Waals surface area contributed by atoms with Crippen molar-refractivity contribution in [2.75, 3.05) is 11.9 Å². The molecule has 3 heterocycles. The average Bonchev–Trinajstić information content (AvgIpc) is 2.92. The molecule has 0 amide bonds. The van der Waals surface area contributed by atoms with Gasteiger partial charge in [0.25, 0.3) is 0 Å². The van der Waals surface area contributed by atoms with Gasteiger partial charge in [-0.05, 0) is 49.2 Å². The van der Waals surface area contributed by atoms with E-state index in [-0.39, 0.29) is 0 Å². The Morgan fingerprint density at radius 3 is 3.00 bits per heavy atom. The number of hydrogen-bond donors (Lipinski definition) is 2. The summed E-state index contributed by atoms with van der Waals surface area (Å²) < 4.78 is 1.86. The first-order valence-corrected chi connectivity index (χ1v) is 7.22. The second-order valence-electron chi connectivity index (χ2n) is 5.37. The molecule has 5 heteroatoms. The Hall–Kier alpha value is -2.40. The zero-order chi connectivity index (χ0) is 14.2. The topological polar surface area (TPSA) is 54.2 Å². The number of rotatable bonds is 2. The Labute approximate surface area is 123 Å². The predicted octanol–water partition coefficient (Wildman–Crippen LogP) is 2.43. The van der Waals surface area contributed by atoms with Crippen LogP contribution in [0, 0.1) is 6.92 Å². The van der Waals surface area contributed by atoms with E-state index in [2.05, 4.69) is 38.9 Å². The number of nitrogens with one attached hydrogen (secondary N) is 2. The van der Waals surface area contributed by atoms with Crippen molar-refractivity contribution < 1.29 is 0 Å². The molecule has 0 aliphatic carbocycles. The first kappa shape index (κ1) is 12.3. The van der Waals surface area contributed by atoms with E-state index in [1.165, 1.54) is 11.1 Å². The molecule has 3 aromatic rings. The van der Waals surface area contributed by atoms with Crippen LogP contribution in [0.2, 0.25) is 0 Å². The normalized spacial score (nSPS) is 14.1. The number of fused-ring (bicyclic) bond motifs is 2. The molecule has 1 aromatic carbocycles. The molecule has 0 saturated heterocycles. The van der Waals surface area contributed by atoms with Crippen molar-refractivity contribution in [3.63, 3.8) is 0 Å². The van der Waals surface area contributed by atoms with E-state index >= 15 is 0 Å². The lowest BCUT2D eigenvalue weighted by Crippen LogP contribution is -2.24. The van der Waals surface area contributed by atoms with Gasteiger partial charge in [-0.25, -0.2) is 4.52 Å². The summed E-state index contributed by atoms with van der Waals surface area (Å²) in [5.74, 6) is 0.649. The van der Waals surface area contributed by atoms with Crippen LogP contribution in [0.25, 0.3) is 5.65 Å². The minimum atomic E-state index is 0.649. The maximum absolute atomic E-state index is 4.54. The Bertz CT molecular complexity index is 806. The molecule has 0 radical (unpaired) electrons. The van der Waals surface area contributed by atoms with Gasteiger partial charge in [-0.3, -0.25) is 0 Å². The summed E-state index contributed by atoms with van der Waals surface area (Å²) >= 11 is 0. The zero-order valence-electron chi connectivity index (χ0n) is 11.9. The largest absolute Gasteiger partial charge is 0.323 e. The van der Waals surface area contributed by atoms with Crippen molar-refractivity contribution in [3.8, 4) is 0 Å². The highest BCUT2D eigenvalue weighted by molar-refractivity contribution is 5.62. The molecule has 4 rings (SSSR count). The summed E-state index contributed by atoms with van der Waals surface area (Å²) in [4.78, 5) is 4.54. The molecule has 21 heavy (non-hydrogen) atoms. The third-order valence-corrected chi connectivity index (χ3v) is 3.94. The highest BCUT2D eigenvalue weighted by atomic mass is 15.4. The van der Waals surface area contributed by atoms with E-state index in [0.717, 1.165) is 36.5 Å². The summed E-state index contributed by atoms with van der Waals surface area (Å²) in [5.41, 5.74) is 5.77. The molecule has 2 N–H and O–H groups in total. The fraction of sp³-hybridized carbons (Fsp3) is 0.250. The minimum Gasteiger partial charge on any atom is -0.323 e. The smallest absolute Gasteiger partial charge is 0.247 e. The van der Waals surface area contributed by atoms with Crippen LogP contribution < -0.4 is 10.6 Å². The van der Waals surface area contributed by atoms with Crippen molar-refractivity contribution in [1.82, 2.24) is 19.9 Å². The quantitative estimate of drug-likeness (QED) is 0.756. The van der Waals surface area contributed by atoms with Gasteiger partial charge in [0.1, 0.15) is 0 Å². The van der Waals surface area contributed by atoms with Gasteiger partial charge >= 0.3 is 0 Å². The van der Waals surface area contributed by atoms with E-state index in [0.29, 0.717) is 5.95 Å². The fourth-order valence-corrected chi connectivity index (χ4v) is 2.86. The van der Waals surface area contributed by atoms with Crippen molar-refractivity contribution in [3.05, 3.63) is 53.2 Å². The second kappa shape index (κ2) is 4.86. The maximum Gasteiger partial charge on any atom is 0.247 e. The molecular weight excluding hydrogens is 262 g/mol. The first-order valence-electron chi connectivity index (χ1n) is 7.22. The lowest BCUT2D eigenvalue weighted by molar-refractivity contribution is 0.645. The van der Waals surface area contributed by atoms with Gasteiger partial charge in [0.05, 0.1) is 0 Å². The van der Waals surface area contributed by atoms with Crippen LogP contribution in [0.5, 0.6) is 0 Å². The van der Waals surface area contributed by atoms with Gasteiger partial charge in [-0.2, -0.15) is 4.98 Å². The van der Waals surface area contributed by atoms with Crippen LogP contribution in [-0.2, 0) is 13.0 Å². The fourth-order valence-electron chi connectivity index (χ4n) is 2.86. The van der Waals surface area contributed by atoms with Crippen LogP contribution in [0.1, 0.15) is 16.8 Å². The van der Waals surface area contributed by atoms with Gasteiger partial charge in [0.2, 0.25) is 5.95 Å². The molecule has 0 unspecified atom stereocenters. The van der Waals surface area contributed by atoms with E-state index in [1.54, 1.807) is 0 Å². The Balaban J connectivity index is 1.73. The van der Waals surface area contributed by atoms with Crippen LogP contribution in [-0.4, -0.2) is 21.1 Å². The van der Waals surface area contributed by atoms with Crippen molar-refractivity contribution >= 4 is 17.3 Å². The highest BCUT2D eigenvalue weighted by Crippen LogP contribution is 2.25. The summed E-state index contributed by atoms with van der Waals surface area (Å²) in [5, 5.41) is 11.3. The average molecular weight is 279 g/mol. The predicted molar refractivity (Wildman–Crippen MR) is 82.9 cm³/mol. The highest BCUT2D eigenvalue weighted by Gasteiger charge is 2.14. The second-order valence-corrected chi connectivity index (χ2v) is 5.37. The lowest BCUT2D eigenvalue weighted by Gasteiger charge is -2.20. The van der Waals surface area contributed by atoms with E-state index < -0.39 is 0 Å². The summed E-state index contributed by atoms with van der Waals surface area (Å²) in [6.45, 7) is 3.98. The molecular formula is C16H17N5. The van der Waals surface area contributed by atoms with Gasteiger partial charge < -0.3 is 10.6 Å². The molecule has 1 aliphatic rings. The number of aromatic nitrogens is 3. The molecule has 0 saturated carbocycles. The first-order chi connectivity index (χ1) is 10.3. The van der Waals surface area contributed by atoms with Crippen molar-refractivity contribution in [2.45, 2.75) is 19.9 Å². The Morgan fingerprint density at radius 2 is 2.10 bits per heavy atom. The third-order valence-electron chi connectivity index (χ3n) is 3.94. The van der Waals surface area contributed by atoms with E-state index in [9.17, 15) is 0 Å². The summed E-state index contributed by atoms with van der Waals surface area (Å²) in [6, 6.07) is 12.3. The summed E-state index contributed by atoms with van der Waals surface area (Å²) in [7, 11) is 0. The number of pyridine rings is 1. The van der Waals surface area contributed by atoms with Crippen molar-refractivity contribution in [2.24, 2.45) is 0 Å². The molecule has 0 spiro atoms. The Morgan fingerprint density at radius 1 is 1.19 bits per heavy atom. The zero-order valence-corrected chi connectivity index (χ0v) is 11.9. The molecule has 5 nitrogen and oxygen atoms in total. The van der Waals surface area contributed by atoms with Gasteiger partial charge in [0, 0.05) is 17.9 Å². The van der Waals surface area contributed by atoms with Gasteiger partial charge in [0.15, 0.2) is 5.65 Å². The summed E-state index contributed by atoms with van der Waals surface area (Å²) in [6.07, 6.45) is 1.03. The molecule has 2 aromatic heterocycles. The monoisotopic (exact) mass is 279 g/mol.